The van der Waals surface area contributed by atoms with Crippen LogP contribution in [-0.2, 0) is 10.0 Å². The van der Waals surface area contributed by atoms with Gasteiger partial charge in [0, 0.05) is 29.8 Å². The summed E-state index contributed by atoms with van der Waals surface area (Å²) in [6, 6.07) is 13.8. The van der Waals surface area contributed by atoms with Crippen LogP contribution in [-0.4, -0.2) is 35.1 Å². The Balaban J connectivity index is 2.02. The van der Waals surface area contributed by atoms with Gasteiger partial charge in [0.1, 0.15) is 4.90 Å². The van der Waals surface area contributed by atoms with Crippen molar-refractivity contribution in [1.82, 2.24) is 0 Å². The number of rotatable bonds is 9. The molecule has 0 unspecified atom stereocenters. The molecule has 0 atom stereocenters. The lowest BCUT2D eigenvalue weighted by Crippen LogP contribution is -2.17. The number of para-hydroxylation sites is 1. The molecule has 3 aromatic carbocycles. The second-order valence-electron chi connectivity index (χ2n) is 7.01. The zero-order valence-corrected chi connectivity index (χ0v) is 18.7. The van der Waals surface area contributed by atoms with Gasteiger partial charge in [-0.05, 0) is 25.1 Å². The highest BCUT2D eigenvalue weighted by Gasteiger charge is 2.24. The molecule has 0 heterocycles. The van der Waals surface area contributed by atoms with Gasteiger partial charge in [0.15, 0.2) is 0 Å². The molecule has 180 valence electrons. The fraction of sp³-hybridized carbons (Fsp3) is 0.0476. The second-order valence-corrected chi connectivity index (χ2v) is 8.66. The quantitative estimate of drug-likeness (QED) is 0.223. The zero-order valence-electron chi connectivity index (χ0n) is 17.9. The molecule has 0 amide bonds. The summed E-state index contributed by atoms with van der Waals surface area (Å²) in [6.07, 6.45) is 0. The summed E-state index contributed by atoms with van der Waals surface area (Å²) >= 11 is 0. The average molecular weight is 499 g/mol. The predicted molar refractivity (Wildman–Crippen MR) is 126 cm³/mol. The van der Waals surface area contributed by atoms with Crippen molar-refractivity contribution in [2.75, 3.05) is 10.1 Å². The van der Waals surface area contributed by atoms with E-state index in [-0.39, 0.29) is 28.3 Å². The number of hydrogen-bond acceptors (Lipinski definition) is 9. The van der Waals surface area contributed by atoms with Gasteiger partial charge >= 0.3 is 5.97 Å². The standard InChI is InChI=1S/C21H17N5O8S/c1-13(14-5-4-6-15(11-14)25(29)30)22-23-19-10-9-16(26(31)32)12-20(19)35(33,34)24-18-8-3-2-7-17(18)21(27)28/h2-12,23-24H,1H3,(H,27,28). The van der Waals surface area contributed by atoms with Gasteiger partial charge in [-0.25, -0.2) is 13.2 Å². The van der Waals surface area contributed by atoms with Gasteiger partial charge in [0.05, 0.1) is 32.5 Å². The van der Waals surface area contributed by atoms with Gasteiger partial charge in [0.25, 0.3) is 21.4 Å². The molecule has 0 aliphatic heterocycles. The first-order chi connectivity index (χ1) is 16.5. The molecule has 0 spiro atoms. The number of carbonyl (C=O) groups is 1. The molecule has 0 aliphatic carbocycles. The number of hydrazone groups is 1. The normalized spacial score (nSPS) is 11.5. The first-order valence-electron chi connectivity index (χ1n) is 9.68. The molecule has 0 aromatic heterocycles. The molecule has 3 aromatic rings. The number of aromatic carboxylic acids is 1. The monoisotopic (exact) mass is 499 g/mol. The number of carboxylic acids is 1. The van der Waals surface area contributed by atoms with E-state index in [1.54, 1.807) is 6.07 Å². The summed E-state index contributed by atoms with van der Waals surface area (Å²) in [5.41, 5.74) is 1.75. The van der Waals surface area contributed by atoms with Gasteiger partial charge in [-0.2, -0.15) is 5.10 Å². The Hall–Kier alpha value is -4.85. The Bertz CT molecular complexity index is 1470. The highest BCUT2D eigenvalue weighted by atomic mass is 32.2. The van der Waals surface area contributed by atoms with Crippen LogP contribution in [0.1, 0.15) is 22.8 Å². The van der Waals surface area contributed by atoms with E-state index >= 15 is 0 Å². The van der Waals surface area contributed by atoms with E-state index in [2.05, 4.69) is 15.2 Å². The molecule has 3 N–H and O–H groups in total. The third-order valence-electron chi connectivity index (χ3n) is 4.69. The van der Waals surface area contributed by atoms with Crippen LogP contribution in [0.4, 0.5) is 22.7 Å². The molecule has 0 aliphatic rings. The summed E-state index contributed by atoms with van der Waals surface area (Å²) in [7, 11) is -4.53. The van der Waals surface area contributed by atoms with E-state index in [1.165, 1.54) is 49.4 Å². The number of anilines is 2. The molecule has 0 saturated heterocycles. The third-order valence-corrected chi connectivity index (χ3v) is 6.09. The molecule has 35 heavy (non-hydrogen) atoms. The minimum atomic E-state index is -4.53. The minimum Gasteiger partial charge on any atom is -0.478 e. The molecule has 13 nitrogen and oxygen atoms in total. The summed E-state index contributed by atoms with van der Waals surface area (Å²) in [6.45, 7) is 1.52. The van der Waals surface area contributed by atoms with Gasteiger partial charge in [-0.3, -0.25) is 30.4 Å². The van der Waals surface area contributed by atoms with Gasteiger partial charge in [-0.15, -0.1) is 0 Å². The van der Waals surface area contributed by atoms with E-state index < -0.39 is 36.4 Å². The van der Waals surface area contributed by atoms with Crippen LogP contribution in [0.2, 0.25) is 0 Å². The van der Waals surface area contributed by atoms with E-state index in [4.69, 9.17) is 0 Å². The summed E-state index contributed by atoms with van der Waals surface area (Å²) in [4.78, 5) is 31.7. The maximum absolute atomic E-state index is 13.1. The zero-order chi connectivity index (χ0) is 25.8. The van der Waals surface area contributed by atoms with Gasteiger partial charge in [0.2, 0.25) is 0 Å². The Labute approximate surface area is 198 Å². The summed E-state index contributed by atoms with van der Waals surface area (Å²) in [5.74, 6) is -1.38. The van der Waals surface area contributed by atoms with Crippen LogP contribution in [0.25, 0.3) is 0 Å². The van der Waals surface area contributed by atoms with E-state index in [0.717, 1.165) is 18.2 Å². The fourth-order valence-corrected chi connectivity index (χ4v) is 4.21. The van der Waals surface area contributed by atoms with Crippen LogP contribution in [0, 0.1) is 20.2 Å². The molecule has 0 saturated carbocycles. The van der Waals surface area contributed by atoms with Crippen molar-refractivity contribution in [3.05, 3.63) is 98.1 Å². The van der Waals surface area contributed by atoms with Crippen molar-refractivity contribution in [3.63, 3.8) is 0 Å². The smallest absolute Gasteiger partial charge is 0.337 e. The lowest BCUT2D eigenvalue weighted by Gasteiger charge is -2.14. The first kappa shape index (κ1) is 24.8. The topological polar surface area (TPSA) is 194 Å². The molecule has 0 fully saturated rings. The number of nitro benzene ring substituents is 2. The van der Waals surface area contributed by atoms with Crippen LogP contribution >= 0.6 is 0 Å². The molecule has 0 radical (unpaired) electrons. The average Bonchev–Trinajstić information content (AvgIpc) is 2.82. The molecular formula is C21H17N5O8S. The SMILES string of the molecule is CC(=NNc1ccc([N+](=O)[O-])cc1S(=O)(=O)Nc1ccccc1C(=O)O)c1cccc([N+](=O)[O-])c1. The number of benzene rings is 3. The number of nitrogens with zero attached hydrogens (tertiary/aromatic N) is 3. The molecule has 14 heteroatoms. The first-order valence-corrected chi connectivity index (χ1v) is 11.2. The third kappa shape index (κ3) is 5.75. The van der Waals surface area contributed by atoms with Crippen LogP contribution in [0.5, 0.6) is 0 Å². The number of nitro groups is 2. The Kier molecular flexibility index (Phi) is 7.06. The molecule has 3 rings (SSSR count). The molecular weight excluding hydrogens is 482 g/mol. The largest absolute Gasteiger partial charge is 0.478 e. The van der Waals surface area contributed by atoms with Crippen molar-refractivity contribution in [2.24, 2.45) is 5.10 Å². The predicted octanol–water partition coefficient (Wildman–Crippen LogP) is 3.84. The highest BCUT2D eigenvalue weighted by molar-refractivity contribution is 7.93. The summed E-state index contributed by atoms with van der Waals surface area (Å²) in [5, 5.41) is 35.6. The molecule has 0 bridgehead atoms. The van der Waals surface area contributed by atoms with Crippen LogP contribution < -0.4 is 10.1 Å². The Morgan fingerprint density at radius 2 is 1.57 bits per heavy atom. The summed E-state index contributed by atoms with van der Waals surface area (Å²) < 4.78 is 28.4. The van der Waals surface area contributed by atoms with Crippen molar-refractivity contribution in [3.8, 4) is 0 Å². The number of non-ortho nitro benzene ring substituents is 2. The highest BCUT2D eigenvalue weighted by Crippen LogP contribution is 2.29. The van der Waals surface area contributed by atoms with E-state index in [9.17, 15) is 38.5 Å². The van der Waals surface area contributed by atoms with E-state index in [0.29, 0.717) is 5.56 Å². The maximum Gasteiger partial charge on any atom is 0.337 e. The number of nitrogens with one attached hydrogen (secondary N) is 2. The minimum absolute atomic E-state index is 0.152. The van der Waals surface area contributed by atoms with Crippen molar-refractivity contribution in [2.45, 2.75) is 11.8 Å². The van der Waals surface area contributed by atoms with Crippen molar-refractivity contribution >= 4 is 44.5 Å². The number of sulfonamides is 1. The van der Waals surface area contributed by atoms with E-state index in [1.807, 2.05) is 0 Å². The maximum atomic E-state index is 13.1. The van der Waals surface area contributed by atoms with Gasteiger partial charge in [-0.1, -0.05) is 24.3 Å². The number of hydrogen-bond donors (Lipinski definition) is 3. The number of carboxylic acid groups (broad SMARTS) is 1. The van der Waals surface area contributed by atoms with Crippen molar-refractivity contribution < 1.29 is 28.2 Å². The Morgan fingerprint density at radius 1 is 0.914 bits per heavy atom. The lowest BCUT2D eigenvalue weighted by atomic mass is 10.1. The van der Waals surface area contributed by atoms with Gasteiger partial charge < -0.3 is 5.11 Å². The lowest BCUT2D eigenvalue weighted by molar-refractivity contribution is -0.385. The van der Waals surface area contributed by atoms with Crippen LogP contribution in [0.3, 0.4) is 0 Å². The fourth-order valence-electron chi connectivity index (χ4n) is 2.95. The van der Waals surface area contributed by atoms with Crippen molar-refractivity contribution in [1.29, 1.82) is 0 Å². The second kappa shape index (κ2) is 9.96. The van der Waals surface area contributed by atoms with Crippen LogP contribution in [0.15, 0.2) is 76.7 Å². The Morgan fingerprint density at radius 3 is 2.23 bits per heavy atom.